The fourth-order valence-electron chi connectivity index (χ4n) is 1.75. The third-order valence-electron chi connectivity index (χ3n) is 2.68. The Kier molecular flexibility index (Phi) is 4.52. The van der Waals surface area contributed by atoms with Crippen LogP contribution in [-0.4, -0.2) is 22.7 Å². The van der Waals surface area contributed by atoms with E-state index in [2.05, 4.69) is 15.5 Å². The Morgan fingerprint density at radius 3 is 2.57 bits per heavy atom. The van der Waals surface area contributed by atoms with Crippen LogP contribution in [0, 0.1) is 12.7 Å². The fraction of sp³-hybridized carbons (Fsp3) is 0.308. The van der Waals surface area contributed by atoms with Crippen molar-refractivity contribution in [3.63, 3.8) is 0 Å². The minimum atomic E-state index is -4.82. The van der Waals surface area contributed by atoms with Crippen molar-refractivity contribution in [1.29, 1.82) is 0 Å². The summed E-state index contributed by atoms with van der Waals surface area (Å²) in [5.74, 6) is -3.34. The lowest BCUT2D eigenvalue weighted by Gasteiger charge is -2.15. The predicted octanol–water partition coefficient (Wildman–Crippen LogP) is 3.19. The maximum atomic E-state index is 14.3. The molecule has 0 bridgehead atoms. The van der Waals surface area contributed by atoms with E-state index in [1.54, 1.807) is 0 Å². The molecule has 0 saturated heterocycles. The molecule has 1 N–H and O–H groups in total. The highest BCUT2D eigenvalue weighted by molar-refractivity contribution is 6.03. The van der Waals surface area contributed by atoms with E-state index in [-0.39, 0.29) is 18.5 Å². The average Bonchev–Trinajstić information content (AvgIpc) is 2.85. The van der Waals surface area contributed by atoms with Crippen LogP contribution in [-0.2, 0) is 6.18 Å². The van der Waals surface area contributed by atoms with Crippen molar-refractivity contribution in [3.8, 4) is 5.75 Å². The Balaban J connectivity index is 2.39. The van der Waals surface area contributed by atoms with Crippen molar-refractivity contribution in [2.75, 3.05) is 11.9 Å². The summed E-state index contributed by atoms with van der Waals surface area (Å²) in [6, 6.07) is 0.978. The van der Waals surface area contributed by atoms with Gasteiger partial charge in [-0.25, -0.2) is 4.39 Å². The van der Waals surface area contributed by atoms with Crippen molar-refractivity contribution in [3.05, 3.63) is 35.0 Å². The normalized spacial score (nSPS) is 11.4. The number of hydrogen-bond acceptors (Lipinski definition) is 5. The van der Waals surface area contributed by atoms with E-state index in [1.165, 1.54) is 13.8 Å². The highest BCUT2D eigenvalue weighted by Gasteiger charge is 2.37. The molecule has 0 spiro atoms. The van der Waals surface area contributed by atoms with Crippen LogP contribution in [0.15, 0.2) is 16.5 Å². The number of rotatable bonds is 4. The fourth-order valence-corrected chi connectivity index (χ4v) is 1.75. The summed E-state index contributed by atoms with van der Waals surface area (Å²) in [7, 11) is 0. The maximum absolute atomic E-state index is 14.3. The predicted molar refractivity (Wildman–Crippen MR) is 69.6 cm³/mol. The lowest BCUT2D eigenvalue weighted by Crippen LogP contribution is -2.17. The number of ether oxygens (including phenoxy) is 1. The Morgan fingerprint density at radius 1 is 1.35 bits per heavy atom. The van der Waals surface area contributed by atoms with Crippen LogP contribution in [0.1, 0.15) is 28.7 Å². The summed E-state index contributed by atoms with van der Waals surface area (Å²) in [6.45, 7) is 2.66. The molecule has 0 fully saturated rings. The molecule has 0 aliphatic heterocycles. The number of amides is 1. The van der Waals surface area contributed by atoms with Gasteiger partial charge in [-0.1, -0.05) is 5.10 Å². The van der Waals surface area contributed by atoms with Crippen LogP contribution in [0.5, 0.6) is 5.75 Å². The lowest BCUT2D eigenvalue weighted by molar-refractivity contribution is -0.139. The van der Waals surface area contributed by atoms with E-state index in [9.17, 15) is 22.4 Å². The van der Waals surface area contributed by atoms with Gasteiger partial charge in [0.1, 0.15) is 5.56 Å². The number of aryl methyl sites for hydroxylation is 1. The maximum Gasteiger partial charge on any atom is 0.420 e. The molecular weight excluding hydrogens is 322 g/mol. The largest absolute Gasteiger partial charge is 0.490 e. The number of carbonyl (C=O) groups excluding carboxylic acids is 1. The Bertz CT molecular complexity index is 728. The molecule has 0 radical (unpaired) electrons. The van der Waals surface area contributed by atoms with Crippen LogP contribution in [0.4, 0.5) is 23.6 Å². The number of hydrogen-bond donors (Lipinski definition) is 1. The molecule has 0 unspecified atom stereocenters. The quantitative estimate of drug-likeness (QED) is 0.870. The molecule has 1 heterocycles. The van der Waals surface area contributed by atoms with Gasteiger partial charge < -0.3 is 9.15 Å². The van der Waals surface area contributed by atoms with Gasteiger partial charge in [-0.05, 0) is 19.1 Å². The van der Waals surface area contributed by atoms with Crippen molar-refractivity contribution in [2.45, 2.75) is 20.0 Å². The summed E-state index contributed by atoms with van der Waals surface area (Å²) in [5.41, 5.74) is -1.95. The van der Waals surface area contributed by atoms with E-state index in [4.69, 9.17) is 9.15 Å². The third-order valence-corrected chi connectivity index (χ3v) is 2.68. The average molecular weight is 333 g/mol. The first-order valence-corrected chi connectivity index (χ1v) is 6.38. The van der Waals surface area contributed by atoms with Gasteiger partial charge in [0.05, 0.1) is 12.2 Å². The molecule has 124 valence electrons. The molecule has 0 atom stereocenters. The van der Waals surface area contributed by atoms with E-state index in [1.807, 2.05) is 0 Å². The van der Waals surface area contributed by atoms with Gasteiger partial charge in [0, 0.05) is 6.92 Å². The number of nitrogens with zero attached hydrogens (tertiary/aromatic N) is 2. The molecule has 2 rings (SSSR count). The molecule has 0 aliphatic carbocycles. The second-order valence-electron chi connectivity index (χ2n) is 4.31. The zero-order chi connectivity index (χ0) is 17.2. The molecule has 10 heteroatoms. The molecule has 1 aromatic carbocycles. The van der Waals surface area contributed by atoms with Gasteiger partial charge >= 0.3 is 12.2 Å². The van der Waals surface area contributed by atoms with Crippen LogP contribution in [0.2, 0.25) is 0 Å². The zero-order valence-electron chi connectivity index (χ0n) is 12.0. The summed E-state index contributed by atoms with van der Waals surface area (Å²) in [6.07, 6.45) is -4.82. The number of carbonyl (C=O) groups is 1. The van der Waals surface area contributed by atoms with E-state index >= 15 is 0 Å². The number of anilines is 1. The van der Waals surface area contributed by atoms with Crippen molar-refractivity contribution >= 4 is 11.9 Å². The minimum absolute atomic E-state index is 0.156. The first kappa shape index (κ1) is 16.7. The molecule has 0 aliphatic rings. The monoisotopic (exact) mass is 333 g/mol. The highest BCUT2D eigenvalue weighted by atomic mass is 19.4. The van der Waals surface area contributed by atoms with Crippen LogP contribution in [0.25, 0.3) is 0 Å². The highest BCUT2D eigenvalue weighted by Crippen LogP contribution is 2.38. The lowest BCUT2D eigenvalue weighted by atomic mass is 10.1. The third kappa shape index (κ3) is 3.58. The van der Waals surface area contributed by atoms with Crippen LogP contribution >= 0.6 is 0 Å². The van der Waals surface area contributed by atoms with Crippen LogP contribution in [0.3, 0.4) is 0 Å². The van der Waals surface area contributed by atoms with Crippen molar-refractivity contribution in [1.82, 2.24) is 10.2 Å². The summed E-state index contributed by atoms with van der Waals surface area (Å²) < 4.78 is 62.4. The first-order valence-electron chi connectivity index (χ1n) is 6.38. The molecule has 1 amide bonds. The van der Waals surface area contributed by atoms with E-state index in [0.29, 0.717) is 12.1 Å². The first-order chi connectivity index (χ1) is 10.7. The van der Waals surface area contributed by atoms with Gasteiger partial charge in [-0.15, -0.1) is 5.10 Å². The smallest absolute Gasteiger partial charge is 0.420 e. The molecule has 6 nitrogen and oxygen atoms in total. The van der Waals surface area contributed by atoms with Crippen molar-refractivity contribution < 1.29 is 31.5 Å². The van der Waals surface area contributed by atoms with Gasteiger partial charge in [0.25, 0.3) is 5.91 Å². The van der Waals surface area contributed by atoms with Crippen LogP contribution < -0.4 is 10.1 Å². The van der Waals surface area contributed by atoms with Gasteiger partial charge in [0.2, 0.25) is 5.89 Å². The molecule has 0 saturated carbocycles. The minimum Gasteiger partial charge on any atom is -0.490 e. The molecule has 2 aromatic rings. The zero-order valence-corrected chi connectivity index (χ0v) is 12.0. The van der Waals surface area contributed by atoms with Gasteiger partial charge in [-0.2, -0.15) is 13.2 Å². The number of benzene rings is 1. The van der Waals surface area contributed by atoms with Gasteiger partial charge in [-0.3, -0.25) is 10.1 Å². The van der Waals surface area contributed by atoms with Gasteiger partial charge in [0.15, 0.2) is 11.6 Å². The standard InChI is InChI=1S/C13H11F4N3O3/c1-3-22-10-8(13(15,16)17)5-4-7(9(10)14)11(21)18-12-20-19-6(2)23-12/h4-5H,3H2,1-2H3,(H,18,20,21). The summed E-state index contributed by atoms with van der Waals surface area (Å²) in [4.78, 5) is 11.9. The number of halogens is 4. The second kappa shape index (κ2) is 6.23. The number of aromatic nitrogens is 2. The number of nitrogens with one attached hydrogen (secondary N) is 1. The number of alkyl halides is 3. The summed E-state index contributed by atoms with van der Waals surface area (Å²) >= 11 is 0. The Hall–Kier alpha value is -2.65. The summed E-state index contributed by atoms with van der Waals surface area (Å²) in [5, 5.41) is 9.02. The topological polar surface area (TPSA) is 77.2 Å². The second-order valence-corrected chi connectivity index (χ2v) is 4.31. The van der Waals surface area contributed by atoms with E-state index < -0.39 is 34.8 Å². The Morgan fingerprint density at radius 2 is 2.04 bits per heavy atom. The molecule has 1 aromatic heterocycles. The molecular formula is C13H11F4N3O3. The SMILES string of the molecule is CCOc1c(C(F)(F)F)ccc(C(=O)Nc2nnc(C)o2)c1F. The van der Waals surface area contributed by atoms with Crippen molar-refractivity contribution in [2.24, 2.45) is 0 Å². The molecule has 23 heavy (non-hydrogen) atoms. The van der Waals surface area contributed by atoms with E-state index in [0.717, 1.165) is 0 Å². The Labute approximate surface area is 127 Å².